The Labute approximate surface area is 156 Å². The Morgan fingerprint density at radius 3 is 2.70 bits per heavy atom. The fraction of sp³-hybridized carbons (Fsp3) is 0.556. The predicted molar refractivity (Wildman–Crippen MR) is 93.8 cm³/mol. The van der Waals surface area contributed by atoms with Gasteiger partial charge >= 0.3 is 5.97 Å². The number of hydrogen-bond donors (Lipinski definition) is 1. The number of hydrogen-bond acceptors (Lipinski definition) is 6. The third-order valence-corrected chi connectivity index (χ3v) is 5.35. The molecule has 0 bridgehead atoms. The van der Waals surface area contributed by atoms with Crippen molar-refractivity contribution in [2.45, 2.75) is 31.4 Å². The highest BCUT2D eigenvalue weighted by atomic mass is 16.6. The number of rotatable bonds is 5. The van der Waals surface area contributed by atoms with Gasteiger partial charge in [-0.2, -0.15) is 0 Å². The average molecular weight is 378 g/mol. The summed E-state index contributed by atoms with van der Waals surface area (Å²) >= 11 is 0. The van der Waals surface area contributed by atoms with E-state index in [0.29, 0.717) is 19.8 Å². The van der Waals surface area contributed by atoms with E-state index in [4.69, 9.17) is 9.47 Å². The van der Waals surface area contributed by atoms with Gasteiger partial charge in [0.2, 0.25) is 0 Å². The van der Waals surface area contributed by atoms with Gasteiger partial charge in [0.1, 0.15) is 0 Å². The van der Waals surface area contributed by atoms with E-state index in [2.05, 4.69) is 0 Å². The molecule has 1 saturated heterocycles. The highest BCUT2D eigenvalue weighted by Crippen LogP contribution is 2.34. The van der Waals surface area contributed by atoms with Gasteiger partial charge in [-0.25, -0.2) is 4.79 Å². The third kappa shape index (κ3) is 3.93. The van der Waals surface area contributed by atoms with Crippen molar-refractivity contribution in [1.29, 1.82) is 0 Å². The van der Waals surface area contributed by atoms with Crippen LogP contribution in [0, 0.1) is 16.0 Å². The van der Waals surface area contributed by atoms with E-state index in [1.807, 2.05) is 0 Å². The summed E-state index contributed by atoms with van der Waals surface area (Å²) in [7, 11) is 1.65. The summed E-state index contributed by atoms with van der Waals surface area (Å²) in [6.45, 7) is 1.09. The fourth-order valence-corrected chi connectivity index (χ4v) is 4.05. The Balaban J connectivity index is 1.93. The maximum Gasteiger partial charge on any atom is 0.335 e. The molecule has 1 heterocycles. The van der Waals surface area contributed by atoms with Gasteiger partial charge in [0, 0.05) is 37.3 Å². The number of ether oxygens (including phenoxy) is 2. The van der Waals surface area contributed by atoms with Crippen LogP contribution in [-0.2, 0) is 9.47 Å². The molecule has 9 heteroatoms. The molecule has 1 aromatic carbocycles. The lowest BCUT2D eigenvalue weighted by molar-refractivity contribution is -0.384. The Kier molecular flexibility index (Phi) is 5.71. The first-order valence-corrected chi connectivity index (χ1v) is 8.86. The molecule has 9 nitrogen and oxygen atoms in total. The van der Waals surface area contributed by atoms with Gasteiger partial charge in [0.05, 0.1) is 35.8 Å². The molecule has 3 atom stereocenters. The first-order chi connectivity index (χ1) is 12.9. The lowest BCUT2D eigenvalue weighted by Gasteiger charge is -2.40. The molecule has 1 amide bonds. The van der Waals surface area contributed by atoms with E-state index in [1.54, 1.807) is 12.0 Å². The summed E-state index contributed by atoms with van der Waals surface area (Å²) in [6.07, 6.45) is 2.86. The SMILES string of the molecule is COC1CCCC1C1COCCN1C(=O)c1cc(C(=O)O)cc([N+](=O)[O-])c1. The van der Waals surface area contributed by atoms with Crippen molar-refractivity contribution in [3.05, 3.63) is 39.4 Å². The van der Waals surface area contributed by atoms with Gasteiger partial charge in [-0.1, -0.05) is 6.42 Å². The molecule has 3 rings (SSSR count). The zero-order valence-corrected chi connectivity index (χ0v) is 15.0. The van der Waals surface area contributed by atoms with E-state index in [1.165, 1.54) is 6.07 Å². The van der Waals surface area contributed by atoms with Crippen LogP contribution in [-0.4, -0.2) is 65.8 Å². The molecule has 2 aliphatic rings. The first kappa shape index (κ1) is 19.2. The van der Waals surface area contributed by atoms with Crippen LogP contribution in [0.25, 0.3) is 0 Å². The Morgan fingerprint density at radius 2 is 2.04 bits per heavy atom. The number of nitro groups is 1. The zero-order chi connectivity index (χ0) is 19.6. The number of amides is 1. The number of nitrogens with zero attached hydrogens (tertiary/aromatic N) is 2. The van der Waals surface area contributed by atoms with Crippen LogP contribution in [0.15, 0.2) is 18.2 Å². The van der Waals surface area contributed by atoms with E-state index in [0.717, 1.165) is 31.4 Å². The Bertz CT molecular complexity index is 719. The summed E-state index contributed by atoms with van der Waals surface area (Å²) in [5, 5.41) is 20.3. The van der Waals surface area contributed by atoms with Gasteiger partial charge < -0.3 is 19.5 Å². The number of non-ortho nitro benzene ring substituents is 1. The average Bonchev–Trinajstić information content (AvgIpc) is 3.15. The maximum absolute atomic E-state index is 13.1. The predicted octanol–water partition coefficient (Wildman–Crippen LogP) is 1.95. The minimum Gasteiger partial charge on any atom is -0.478 e. The van der Waals surface area contributed by atoms with E-state index in [9.17, 15) is 24.8 Å². The summed E-state index contributed by atoms with van der Waals surface area (Å²) in [5.41, 5.74) is -0.702. The van der Waals surface area contributed by atoms with Crippen LogP contribution in [0.5, 0.6) is 0 Å². The molecule has 1 aliphatic carbocycles. The fourth-order valence-electron chi connectivity index (χ4n) is 4.05. The van der Waals surface area contributed by atoms with Crippen molar-refractivity contribution in [3.63, 3.8) is 0 Å². The number of nitro benzene ring substituents is 1. The van der Waals surface area contributed by atoms with Crippen LogP contribution in [0.1, 0.15) is 40.0 Å². The van der Waals surface area contributed by atoms with Crippen LogP contribution >= 0.6 is 0 Å². The van der Waals surface area contributed by atoms with Crippen molar-refractivity contribution in [2.75, 3.05) is 26.9 Å². The molecule has 0 aromatic heterocycles. The van der Waals surface area contributed by atoms with Gasteiger partial charge in [-0.05, 0) is 18.9 Å². The van der Waals surface area contributed by atoms with Crippen molar-refractivity contribution >= 4 is 17.6 Å². The van der Waals surface area contributed by atoms with Crippen LogP contribution in [0.4, 0.5) is 5.69 Å². The molecule has 1 N–H and O–H groups in total. The number of benzene rings is 1. The minimum atomic E-state index is -1.32. The second kappa shape index (κ2) is 8.01. The molecule has 146 valence electrons. The maximum atomic E-state index is 13.1. The second-order valence-corrected chi connectivity index (χ2v) is 6.84. The molecule has 1 saturated carbocycles. The monoisotopic (exact) mass is 378 g/mol. The summed E-state index contributed by atoms with van der Waals surface area (Å²) in [4.78, 5) is 36.5. The number of aromatic carboxylic acids is 1. The number of carbonyl (C=O) groups is 2. The lowest BCUT2D eigenvalue weighted by Crippen LogP contribution is -2.53. The standard InChI is InChI=1S/C18H22N2O7/c1-26-16-4-2-3-14(16)15-10-27-6-5-19(15)17(21)11-7-12(18(22)23)9-13(8-11)20(24)25/h7-9,14-16H,2-6,10H2,1H3,(H,22,23). The normalized spacial score (nSPS) is 25.4. The van der Waals surface area contributed by atoms with Crippen molar-refractivity contribution in [1.82, 2.24) is 4.90 Å². The number of morpholine rings is 1. The highest BCUT2D eigenvalue weighted by molar-refractivity contribution is 5.98. The van der Waals surface area contributed by atoms with Crippen molar-refractivity contribution < 1.29 is 29.1 Å². The van der Waals surface area contributed by atoms with Crippen LogP contribution < -0.4 is 0 Å². The molecular weight excluding hydrogens is 356 g/mol. The topological polar surface area (TPSA) is 119 Å². The van der Waals surface area contributed by atoms with Crippen molar-refractivity contribution in [2.24, 2.45) is 5.92 Å². The van der Waals surface area contributed by atoms with Crippen LogP contribution in [0.3, 0.4) is 0 Å². The van der Waals surface area contributed by atoms with Gasteiger partial charge in [-0.15, -0.1) is 0 Å². The number of carboxylic acid groups (broad SMARTS) is 1. The Morgan fingerprint density at radius 1 is 1.30 bits per heavy atom. The van der Waals surface area contributed by atoms with Gasteiger partial charge in [0.15, 0.2) is 0 Å². The molecular formula is C18H22N2O7. The largest absolute Gasteiger partial charge is 0.478 e. The van der Waals surface area contributed by atoms with E-state index >= 15 is 0 Å². The summed E-state index contributed by atoms with van der Waals surface area (Å²) in [5.74, 6) is -1.62. The zero-order valence-electron chi connectivity index (χ0n) is 15.0. The van der Waals surface area contributed by atoms with Gasteiger partial charge in [-0.3, -0.25) is 14.9 Å². The van der Waals surface area contributed by atoms with Gasteiger partial charge in [0.25, 0.3) is 11.6 Å². The molecule has 2 fully saturated rings. The minimum absolute atomic E-state index is 0.000429. The quantitative estimate of drug-likeness (QED) is 0.614. The van der Waals surface area contributed by atoms with E-state index in [-0.39, 0.29) is 29.2 Å². The number of carboxylic acids is 1. The Hall–Kier alpha value is -2.52. The van der Waals surface area contributed by atoms with E-state index < -0.39 is 22.5 Å². The smallest absolute Gasteiger partial charge is 0.335 e. The third-order valence-electron chi connectivity index (χ3n) is 5.35. The van der Waals surface area contributed by atoms with Crippen LogP contribution in [0.2, 0.25) is 0 Å². The number of methoxy groups -OCH3 is 1. The molecule has 0 radical (unpaired) electrons. The molecule has 27 heavy (non-hydrogen) atoms. The molecule has 3 unspecified atom stereocenters. The lowest BCUT2D eigenvalue weighted by atomic mass is 9.93. The summed E-state index contributed by atoms with van der Waals surface area (Å²) < 4.78 is 11.1. The molecule has 1 aromatic rings. The first-order valence-electron chi connectivity index (χ1n) is 8.86. The number of carbonyl (C=O) groups excluding carboxylic acids is 1. The second-order valence-electron chi connectivity index (χ2n) is 6.84. The van der Waals surface area contributed by atoms with Crippen molar-refractivity contribution in [3.8, 4) is 0 Å². The summed E-state index contributed by atoms with van der Waals surface area (Å²) in [6, 6.07) is 3.07. The molecule has 1 aliphatic heterocycles. The molecule has 0 spiro atoms. The highest BCUT2D eigenvalue weighted by Gasteiger charge is 2.40.